The van der Waals surface area contributed by atoms with Gasteiger partial charge in [0.15, 0.2) is 0 Å². The molecule has 1 fully saturated rings. The molecular formula is C17H29N3O6. The SMILES string of the molecule is CCOC(=O)C(CC(C)C(=O)NC)NC(C)C(=O)N1CCCC1C(=O)O. The van der Waals surface area contributed by atoms with Crippen LogP contribution in [0.3, 0.4) is 0 Å². The smallest absolute Gasteiger partial charge is 0.326 e. The Labute approximate surface area is 153 Å². The second-order valence-corrected chi connectivity index (χ2v) is 6.47. The third-order valence-corrected chi connectivity index (χ3v) is 4.50. The van der Waals surface area contributed by atoms with Gasteiger partial charge in [-0.1, -0.05) is 6.92 Å². The first-order valence-corrected chi connectivity index (χ1v) is 8.90. The van der Waals surface area contributed by atoms with E-state index >= 15 is 0 Å². The average molecular weight is 371 g/mol. The normalized spacial score (nSPS) is 20.2. The lowest BCUT2D eigenvalue weighted by Crippen LogP contribution is -2.53. The maximum absolute atomic E-state index is 12.6. The van der Waals surface area contributed by atoms with Gasteiger partial charge >= 0.3 is 11.9 Å². The molecule has 1 aliphatic heterocycles. The number of hydrogen-bond acceptors (Lipinski definition) is 6. The van der Waals surface area contributed by atoms with Crippen LogP contribution in [0.2, 0.25) is 0 Å². The molecule has 0 spiro atoms. The molecule has 3 N–H and O–H groups in total. The highest BCUT2D eigenvalue weighted by Gasteiger charge is 2.37. The van der Waals surface area contributed by atoms with Gasteiger partial charge in [-0.15, -0.1) is 0 Å². The molecule has 26 heavy (non-hydrogen) atoms. The van der Waals surface area contributed by atoms with Crippen molar-refractivity contribution in [2.75, 3.05) is 20.2 Å². The zero-order chi connectivity index (χ0) is 19.9. The number of nitrogens with zero attached hydrogens (tertiary/aromatic N) is 1. The summed E-state index contributed by atoms with van der Waals surface area (Å²) in [6.45, 7) is 5.49. The summed E-state index contributed by atoms with van der Waals surface area (Å²) in [6.07, 6.45) is 1.21. The van der Waals surface area contributed by atoms with Crippen LogP contribution in [-0.2, 0) is 23.9 Å². The number of carboxylic acids is 1. The first-order chi connectivity index (χ1) is 12.2. The lowest BCUT2D eigenvalue weighted by atomic mass is 10.00. The summed E-state index contributed by atoms with van der Waals surface area (Å²) in [7, 11) is 1.51. The zero-order valence-electron chi connectivity index (χ0n) is 15.8. The maximum atomic E-state index is 12.6. The van der Waals surface area contributed by atoms with E-state index in [1.165, 1.54) is 11.9 Å². The van der Waals surface area contributed by atoms with Crippen LogP contribution in [0.15, 0.2) is 0 Å². The molecule has 0 aromatic heterocycles. The number of amides is 2. The molecule has 0 radical (unpaired) electrons. The number of esters is 1. The fraction of sp³-hybridized carbons (Fsp3) is 0.765. The number of hydrogen-bond donors (Lipinski definition) is 3. The Kier molecular flexibility index (Phi) is 8.50. The van der Waals surface area contributed by atoms with Crippen LogP contribution >= 0.6 is 0 Å². The molecule has 9 heteroatoms. The summed E-state index contributed by atoms with van der Waals surface area (Å²) in [5.41, 5.74) is 0. The van der Waals surface area contributed by atoms with Crippen LogP contribution in [0.4, 0.5) is 0 Å². The highest BCUT2D eigenvalue weighted by atomic mass is 16.5. The maximum Gasteiger partial charge on any atom is 0.326 e. The van der Waals surface area contributed by atoms with Crippen molar-refractivity contribution < 1.29 is 29.0 Å². The van der Waals surface area contributed by atoms with Gasteiger partial charge in [0.05, 0.1) is 12.6 Å². The molecule has 1 saturated heterocycles. The van der Waals surface area contributed by atoms with Crippen molar-refractivity contribution in [1.29, 1.82) is 0 Å². The number of rotatable bonds is 9. The number of carbonyl (C=O) groups is 4. The van der Waals surface area contributed by atoms with Gasteiger partial charge in [0.2, 0.25) is 11.8 Å². The minimum atomic E-state index is -1.03. The molecule has 4 unspecified atom stereocenters. The number of likely N-dealkylation sites (tertiary alicyclic amines) is 1. The largest absolute Gasteiger partial charge is 0.480 e. The molecule has 0 saturated carbocycles. The number of carbonyl (C=O) groups excluding carboxylic acids is 3. The van der Waals surface area contributed by atoms with E-state index in [-0.39, 0.29) is 24.8 Å². The van der Waals surface area contributed by atoms with Crippen molar-refractivity contribution >= 4 is 23.8 Å². The number of nitrogens with one attached hydrogen (secondary N) is 2. The first kappa shape index (κ1) is 21.9. The molecule has 2 amide bonds. The molecule has 1 rings (SSSR count). The van der Waals surface area contributed by atoms with E-state index in [1.807, 2.05) is 0 Å². The average Bonchev–Trinajstić information content (AvgIpc) is 3.09. The fourth-order valence-corrected chi connectivity index (χ4v) is 3.09. The minimum Gasteiger partial charge on any atom is -0.480 e. The molecule has 0 aromatic rings. The Morgan fingerprint density at radius 1 is 1.27 bits per heavy atom. The van der Waals surface area contributed by atoms with Crippen molar-refractivity contribution in [3.63, 3.8) is 0 Å². The molecule has 148 valence electrons. The summed E-state index contributed by atoms with van der Waals surface area (Å²) in [5.74, 6) is -2.62. The third kappa shape index (κ3) is 5.69. The van der Waals surface area contributed by atoms with Crippen molar-refractivity contribution in [2.45, 2.75) is 58.2 Å². The van der Waals surface area contributed by atoms with E-state index in [9.17, 15) is 24.3 Å². The first-order valence-electron chi connectivity index (χ1n) is 8.90. The highest BCUT2D eigenvalue weighted by Crippen LogP contribution is 2.19. The summed E-state index contributed by atoms with van der Waals surface area (Å²) < 4.78 is 5.03. The quantitative estimate of drug-likeness (QED) is 0.477. The Morgan fingerprint density at radius 2 is 1.92 bits per heavy atom. The van der Waals surface area contributed by atoms with Gasteiger partial charge < -0.3 is 20.1 Å². The molecule has 1 heterocycles. The number of carboxylic acid groups (broad SMARTS) is 1. The third-order valence-electron chi connectivity index (χ3n) is 4.50. The predicted molar refractivity (Wildman–Crippen MR) is 93.2 cm³/mol. The van der Waals surface area contributed by atoms with Crippen LogP contribution in [0, 0.1) is 5.92 Å². The van der Waals surface area contributed by atoms with Gasteiger partial charge in [-0.2, -0.15) is 0 Å². The van der Waals surface area contributed by atoms with Crippen LogP contribution in [0.25, 0.3) is 0 Å². The Balaban J connectivity index is 2.81. The van der Waals surface area contributed by atoms with Gasteiger partial charge in [-0.25, -0.2) is 4.79 Å². The van der Waals surface area contributed by atoms with E-state index < -0.39 is 36.0 Å². The predicted octanol–water partition coefficient (Wildman–Crippen LogP) is -0.256. The van der Waals surface area contributed by atoms with Crippen LogP contribution in [-0.4, -0.2) is 72.1 Å². The molecular weight excluding hydrogens is 342 g/mol. The summed E-state index contributed by atoms with van der Waals surface area (Å²) in [5, 5.41) is 14.7. The van der Waals surface area contributed by atoms with Gasteiger partial charge in [0, 0.05) is 19.5 Å². The van der Waals surface area contributed by atoms with Crippen LogP contribution in [0.1, 0.15) is 40.0 Å². The lowest BCUT2D eigenvalue weighted by Gasteiger charge is -2.28. The Bertz CT molecular complexity index is 539. The topological polar surface area (TPSA) is 125 Å². The van der Waals surface area contributed by atoms with E-state index in [0.717, 1.165) is 0 Å². The summed E-state index contributed by atoms with van der Waals surface area (Å²) in [6, 6.07) is -2.45. The lowest BCUT2D eigenvalue weighted by molar-refractivity contribution is -0.150. The number of aliphatic carboxylic acids is 1. The second-order valence-electron chi connectivity index (χ2n) is 6.47. The number of ether oxygens (including phenoxy) is 1. The summed E-state index contributed by atoms with van der Waals surface area (Å²) >= 11 is 0. The highest BCUT2D eigenvalue weighted by molar-refractivity contribution is 5.88. The monoisotopic (exact) mass is 371 g/mol. The van der Waals surface area contributed by atoms with Gasteiger partial charge in [-0.3, -0.25) is 19.7 Å². The molecule has 4 atom stereocenters. The van der Waals surface area contributed by atoms with Crippen LogP contribution in [0.5, 0.6) is 0 Å². The molecule has 0 bridgehead atoms. The zero-order valence-corrected chi connectivity index (χ0v) is 15.8. The van der Waals surface area contributed by atoms with Gasteiger partial charge in [-0.05, 0) is 33.1 Å². The Morgan fingerprint density at radius 3 is 2.46 bits per heavy atom. The van der Waals surface area contributed by atoms with E-state index in [0.29, 0.717) is 19.4 Å². The molecule has 1 aliphatic rings. The Hall–Kier alpha value is -2.16. The van der Waals surface area contributed by atoms with Crippen molar-refractivity contribution in [3.05, 3.63) is 0 Å². The standard InChI is InChI=1S/C17H29N3O6/c1-5-26-17(25)12(9-10(2)14(21)18-4)19-11(3)15(22)20-8-6-7-13(20)16(23)24/h10-13,19H,5-9H2,1-4H3,(H,18,21)(H,23,24). The van der Waals surface area contributed by atoms with Crippen molar-refractivity contribution in [2.24, 2.45) is 5.92 Å². The van der Waals surface area contributed by atoms with E-state index in [1.54, 1.807) is 20.8 Å². The van der Waals surface area contributed by atoms with Gasteiger partial charge in [0.25, 0.3) is 0 Å². The molecule has 0 aliphatic carbocycles. The van der Waals surface area contributed by atoms with Crippen LogP contribution < -0.4 is 10.6 Å². The fourth-order valence-electron chi connectivity index (χ4n) is 3.09. The second kappa shape index (κ2) is 10.1. The molecule has 0 aromatic carbocycles. The molecule has 9 nitrogen and oxygen atoms in total. The van der Waals surface area contributed by atoms with Crippen molar-refractivity contribution in [1.82, 2.24) is 15.5 Å². The van der Waals surface area contributed by atoms with Gasteiger partial charge in [0.1, 0.15) is 12.1 Å². The van der Waals surface area contributed by atoms with E-state index in [4.69, 9.17) is 4.74 Å². The summed E-state index contributed by atoms with van der Waals surface area (Å²) in [4.78, 5) is 49.2. The van der Waals surface area contributed by atoms with E-state index in [2.05, 4.69) is 10.6 Å². The van der Waals surface area contributed by atoms with Crippen molar-refractivity contribution in [3.8, 4) is 0 Å². The minimum absolute atomic E-state index is 0.165.